The third-order valence-corrected chi connectivity index (χ3v) is 4.65. The van der Waals surface area contributed by atoms with E-state index in [2.05, 4.69) is 15.2 Å². The Morgan fingerprint density at radius 2 is 2.07 bits per heavy atom. The van der Waals surface area contributed by atoms with Crippen molar-refractivity contribution < 1.29 is 18.3 Å². The maximum Gasteiger partial charge on any atom is 0.407 e. The number of benzene rings is 1. The van der Waals surface area contributed by atoms with Gasteiger partial charge in [0.25, 0.3) is 0 Å². The first-order chi connectivity index (χ1) is 12.6. The summed E-state index contributed by atoms with van der Waals surface area (Å²) in [5.41, 5.74) is 0.372. The normalized spacial score (nSPS) is 20.6. The maximum atomic E-state index is 14.0. The van der Waals surface area contributed by atoms with Gasteiger partial charge < -0.3 is 15.0 Å². The Balaban J connectivity index is 1.76. The molecule has 5 nitrogen and oxygen atoms in total. The minimum absolute atomic E-state index is 0.00678. The molecule has 0 bridgehead atoms. The summed E-state index contributed by atoms with van der Waals surface area (Å²) < 4.78 is 33.1. The van der Waals surface area contributed by atoms with Crippen molar-refractivity contribution in [2.45, 2.75) is 58.2 Å². The van der Waals surface area contributed by atoms with Crippen LogP contribution in [0.25, 0.3) is 10.9 Å². The monoisotopic (exact) mass is 377 g/mol. The molecule has 1 aliphatic rings. The Morgan fingerprint density at radius 1 is 1.33 bits per heavy atom. The zero-order valence-electron chi connectivity index (χ0n) is 16.1. The number of alkyl carbamates (subject to hydrolysis) is 1. The molecule has 2 unspecified atom stereocenters. The van der Waals surface area contributed by atoms with E-state index in [4.69, 9.17) is 4.74 Å². The second-order valence-corrected chi connectivity index (χ2v) is 8.02. The van der Waals surface area contributed by atoms with Crippen molar-refractivity contribution in [2.75, 3.05) is 11.4 Å². The van der Waals surface area contributed by atoms with Crippen LogP contribution in [0.3, 0.4) is 0 Å². The van der Waals surface area contributed by atoms with E-state index in [0.29, 0.717) is 24.8 Å². The largest absolute Gasteiger partial charge is 0.444 e. The van der Waals surface area contributed by atoms with Crippen LogP contribution < -0.4 is 10.2 Å². The molecule has 146 valence electrons. The third kappa shape index (κ3) is 4.46. The van der Waals surface area contributed by atoms with Crippen molar-refractivity contribution in [2.24, 2.45) is 0 Å². The van der Waals surface area contributed by atoms with Gasteiger partial charge in [-0.1, -0.05) is 0 Å². The molecule has 2 heterocycles. The molecule has 0 aliphatic carbocycles. The molecule has 2 aromatic rings. The van der Waals surface area contributed by atoms with Crippen molar-refractivity contribution in [3.63, 3.8) is 0 Å². The summed E-state index contributed by atoms with van der Waals surface area (Å²) in [5.74, 6) is -1.29. The number of carbonyl (C=O) groups is 1. The fourth-order valence-corrected chi connectivity index (χ4v) is 3.55. The smallest absolute Gasteiger partial charge is 0.407 e. The number of nitrogens with zero attached hydrogens (tertiary/aromatic N) is 2. The van der Waals surface area contributed by atoms with Gasteiger partial charge in [-0.3, -0.25) is 4.98 Å². The van der Waals surface area contributed by atoms with Gasteiger partial charge in [0.2, 0.25) is 0 Å². The number of anilines is 1. The molecule has 3 rings (SSSR count). The number of ether oxygens (including phenoxy) is 1. The summed E-state index contributed by atoms with van der Waals surface area (Å²) in [7, 11) is 0. The standard InChI is InChI=1S/C20H25F2N3O2/c1-12-9-14(24-19(26)27-20(2,3)4)6-8-25(12)17-5-7-23-18-15(17)10-13(21)11-16(18)22/h5,7,10-12,14H,6,8-9H2,1-4H3,(H,24,26). The molecule has 7 heteroatoms. The van der Waals surface area contributed by atoms with E-state index < -0.39 is 23.3 Å². The summed E-state index contributed by atoms with van der Waals surface area (Å²) in [6.07, 6.45) is 2.54. The molecule has 1 aromatic carbocycles. The topological polar surface area (TPSA) is 54.5 Å². The Labute approximate surface area is 157 Å². The fraction of sp³-hybridized carbons (Fsp3) is 0.500. The predicted molar refractivity (Wildman–Crippen MR) is 101 cm³/mol. The number of hydrogen-bond acceptors (Lipinski definition) is 4. The maximum absolute atomic E-state index is 14.0. The first-order valence-electron chi connectivity index (χ1n) is 9.14. The lowest BCUT2D eigenvalue weighted by Gasteiger charge is -2.40. The molecule has 0 spiro atoms. The second-order valence-electron chi connectivity index (χ2n) is 8.02. The number of halogens is 2. The Kier molecular flexibility index (Phi) is 5.22. The minimum atomic E-state index is -0.666. The molecular formula is C20H25F2N3O2. The van der Waals surface area contributed by atoms with Crippen molar-refractivity contribution in [3.8, 4) is 0 Å². The van der Waals surface area contributed by atoms with Crippen LogP contribution in [0.1, 0.15) is 40.5 Å². The molecule has 1 saturated heterocycles. The highest BCUT2D eigenvalue weighted by atomic mass is 19.1. The Bertz CT molecular complexity index is 851. The number of pyridine rings is 1. The molecule has 1 aliphatic heterocycles. The third-order valence-electron chi connectivity index (χ3n) is 4.65. The number of carbonyl (C=O) groups excluding carboxylic acids is 1. The van der Waals surface area contributed by atoms with Gasteiger partial charge in [-0.05, 0) is 52.7 Å². The lowest BCUT2D eigenvalue weighted by molar-refractivity contribution is 0.0494. The van der Waals surface area contributed by atoms with Gasteiger partial charge in [0.05, 0.1) is 0 Å². The molecule has 1 amide bonds. The predicted octanol–water partition coefficient (Wildman–Crippen LogP) is 4.40. The van der Waals surface area contributed by atoms with E-state index in [-0.39, 0.29) is 17.6 Å². The van der Waals surface area contributed by atoms with E-state index in [9.17, 15) is 13.6 Å². The van der Waals surface area contributed by atoms with Gasteiger partial charge in [0, 0.05) is 42.0 Å². The van der Waals surface area contributed by atoms with E-state index in [0.717, 1.165) is 11.8 Å². The van der Waals surface area contributed by atoms with E-state index >= 15 is 0 Å². The zero-order chi connectivity index (χ0) is 19.8. The van der Waals surface area contributed by atoms with E-state index in [1.807, 2.05) is 27.7 Å². The molecule has 2 atom stereocenters. The van der Waals surface area contributed by atoms with Crippen molar-refractivity contribution in [1.29, 1.82) is 0 Å². The highest BCUT2D eigenvalue weighted by Crippen LogP contribution is 2.32. The number of amides is 1. The van der Waals surface area contributed by atoms with Crippen LogP contribution in [0.2, 0.25) is 0 Å². The molecule has 0 saturated carbocycles. The van der Waals surface area contributed by atoms with Crippen LogP contribution in [0.15, 0.2) is 24.4 Å². The van der Waals surface area contributed by atoms with Gasteiger partial charge in [0.1, 0.15) is 16.9 Å². The SMILES string of the molecule is CC1CC(NC(=O)OC(C)(C)C)CCN1c1ccnc2c(F)cc(F)cc12. The van der Waals surface area contributed by atoms with Gasteiger partial charge >= 0.3 is 6.09 Å². The van der Waals surface area contributed by atoms with Gasteiger partial charge in [0.15, 0.2) is 5.82 Å². The van der Waals surface area contributed by atoms with Gasteiger partial charge in [-0.2, -0.15) is 0 Å². The fourth-order valence-electron chi connectivity index (χ4n) is 3.55. The first-order valence-corrected chi connectivity index (χ1v) is 9.14. The quantitative estimate of drug-likeness (QED) is 0.843. The average molecular weight is 377 g/mol. The van der Waals surface area contributed by atoms with Crippen LogP contribution in [-0.4, -0.2) is 35.3 Å². The summed E-state index contributed by atoms with van der Waals surface area (Å²) >= 11 is 0. The second kappa shape index (κ2) is 7.29. The van der Waals surface area contributed by atoms with Crippen LogP contribution >= 0.6 is 0 Å². The summed E-state index contributed by atoms with van der Waals surface area (Å²) in [6.45, 7) is 8.16. The number of rotatable bonds is 2. The molecule has 1 fully saturated rings. The van der Waals surface area contributed by atoms with Crippen LogP contribution in [0.5, 0.6) is 0 Å². The Hall–Kier alpha value is -2.44. The molecule has 27 heavy (non-hydrogen) atoms. The lowest BCUT2D eigenvalue weighted by Crippen LogP contribution is -2.50. The van der Waals surface area contributed by atoms with E-state index in [1.54, 1.807) is 6.07 Å². The van der Waals surface area contributed by atoms with Crippen molar-refractivity contribution in [3.05, 3.63) is 36.0 Å². The molecular weight excluding hydrogens is 352 g/mol. The van der Waals surface area contributed by atoms with Gasteiger partial charge in [-0.15, -0.1) is 0 Å². The van der Waals surface area contributed by atoms with Crippen LogP contribution in [-0.2, 0) is 4.74 Å². The molecule has 0 radical (unpaired) electrons. The van der Waals surface area contributed by atoms with Crippen molar-refractivity contribution in [1.82, 2.24) is 10.3 Å². The minimum Gasteiger partial charge on any atom is -0.444 e. The van der Waals surface area contributed by atoms with Crippen molar-refractivity contribution >= 4 is 22.7 Å². The van der Waals surface area contributed by atoms with Crippen LogP contribution in [0.4, 0.5) is 19.3 Å². The number of hydrogen-bond donors (Lipinski definition) is 1. The molecule has 1 aromatic heterocycles. The Morgan fingerprint density at radius 3 is 2.74 bits per heavy atom. The number of piperidine rings is 1. The molecule has 1 N–H and O–H groups in total. The number of nitrogens with one attached hydrogen (secondary N) is 1. The highest BCUT2D eigenvalue weighted by Gasteiger charge is 2.29. The number of fused-ring (bicyclic) bond motifs is 1. The first kappa shape index (κ1) is 19.3. The number of aromatic nitrogens is 1. The van der Waals surface area contributed by atoms with Crippen LogP contribution in [0, 0.1) is 11.6 Å². The zero-order valence-corrected chi connectivity index (χ0v) is 16.1. The lowest BCUT2D eigenvalue weighted by atomic mass is 9.97. The van der Waals surface area contributed by atoms with Gasteiger partial charge in [-0.25, -0.2) is 13.6 Å². The average Bonchev–Trinajstić information content (AvgIpc) is 2.53. The highest BCUT2D eigenvalue weighted by molar-refractivity contribution is 5.92. The summed E-state index contributed by atoms with van der Waals surface area (Å²) in [6, 6.07) is 4.01. The summed E-state index contributed by atoms with van der Waals surface area (Å²) in [4.78, 5) is 18.2. The van der Waals surface area contributed by atoms with E-state index in [1.165, 1.54) is 12.3 Å². The summed E-state index contributed by atoms with van der Waals surface area (Å²) in [5, 5.41) is 3.37.